The molecule has 2 aromatic rings. The fraction of sp³-hybridized carbons (Fsp3) is 0.375. The molecule has 130 valence electrons. The van der Waals surface area contributed by atoms with E-state index in [0.29, 0.717) is 19.9 Å². The Morgan fingerprint density at radius 2 is 2.12 bits per heavy atom. The largest absolute Gasteiger partial charge is 0.454 e. The number of benzene rings is 1. The predicted octanol–water partition coefficient (Wildman–Crippen LogP) is 3.05. The van der Waals surface area contributed by atoms with Gasteiger partial charge in [0, 0.05) is 17.6 Å². The molecule has 2 N–H and O–H groups in total. The average molecular weight is 460 g/mol. The first kappa shape index (κ1) is 18.8. The molecule has 0 spiro atoms. The monoisotopic (exact) mass is 460 g/mol. The first-order valence-electron chi connectivity index (χ1n) is 7.56. The number of thiazole rings is 1. The van der Waals surface area contributed by atoms with Crippen molar-refractivity contribution in [1.82, 2.24) is 15.6 Å². The Balaban J connectivity index is 0.00000208. The highest BCUT2D eigenvalue weighted by molar-refractivity contribution is 14.0. The molecule has 6 nitrogen and oxygen atoms in total. The van der Waals surface area contributed by atoms with Crippen LogP contribution in [-0.4, -0.2) is 24.3 Å². The van der Waals surface area contributed by atoms with E-state index in [1.165, 1.54) is 4.88 Å². The van der Waals surface area contributed by atoms with Crippen LogP contribution in [0.25, 0.3) is 0 Å². The van der Waals surface area contributed by atoms with Crippen molar-refractivity contribution in [2.24, 2.45) is 4.99 Å². The number of halogens is 1. The molecule has 0 atom stereocenters. The molecular formula is C16H21IN4O2S. The number of rotatable bonds is 5. The number of aliphatic imine (C=N–C) groups is 1. The van der Waals surface area contributed by atoms with Gasteiger partial charge in [-0.1, -0.05) is 6.07 Å². The van der Waals surface area contributed by atoms with Crippen molar-refractivity contribution < 1.29 is 9.47 Å². The van der Waals surface area contributed by atoms with E-state index < -0.39 is 0 Å². The number of aryl methyl sites for hydroxylation is 1. The lowest BCUT2D eigenvalue weighted by atomic mass is 10.2. The zero-order valence-electron chi connectivity index (χ0n) is 13.7. The van der Waals surface area contributed by atoms with Gasteiger partial charge in [-0.3, -0.25) is 0 Å². The molecule has 1 aromatic carbocycles. The standard InChI is InChI=1S/C16H20N4O2S.HI/c1-3-17-16(20-9-15-18-7-11(2)23-15)19-8-12-4-5-13-14(6-12)22-10-21-13;/h4-7H,3,8-10H2,1-2H3,(H2,17,19,20);1H. The number of guanidine groups is 1. The van der Waals surface area contributed by atoms with Crippen LogP contribution in [0.2, 0.25) is 0 Å². The van der Waals surface area contributed by atoms with Crippen LogP contribution in [0.1, 0.15) is 22.4 Å². The second-order valence-corrected chi connectivity index (χ2v) is 6.42. The third kappa shape index (κ3) is 4.97. The summed E-state index contributed by atoms with van der Waals surface area (Å²) in [7, 11) is 0. The molecule has 0 fully saturated rings. The van der Waals surface area contributed by atoms with E-state index in [1.807, 2.05) is 31.3 Å². The zero-order valence-corrected chi connectivity index (χ0v) is 16.8. The Labute approximate surface area is 162 Å². The number of nitrogens with one attached hydrogen (secondary N) is 2. The molecule has 1 aromatic heterocycles. The first-order valence-corrected chi connectivity index (χ1v) is 8.38. The molecule has 0 radical (unpaired) electrons. The zero-order chi connectivity index (χ0) is 16.1. The maximum Gasteiger partial charge on any atom is 0.231 e. The number of fused-ring (bicyclic) bond motifs is 1. The van der Waals surface area contributed by atoms with Gasteiger partial charge in [0.15, 0.2) is 17.5 Å². The number of ether oxygens (including phenoxy) is 2. The predicted molar refractivity (Wildman–Crippen MR) is 106 cm³/mol. The molecule has 1 aliphatic rings. The van der Waals surface area contributed by atoms with Crippen molar-refractivity contribution in [3.05, 3.63) is 39.8 Å². The summed E-state index contributed by atoms with van der Waals surface area (Å²) in [6, 6.07) is 5.90. The second kappa shape index (κ2) is 9.07. The number of aromatic nitrogens is 1. The van der Waals surface area contributed by atoms with Crippen LogP contribution >= 0.6 is 35.3 Å². The van der Waals surface area contributed by atoms with Gasteiger partial charge in [0.2, 0.25) is 6.79 Å². The van der Waals surface area contributed by atoms with Crippen LogP contribution in [0.5, 0.6) is 11.5 Å². The number of hydrogen-bond donors (Lipinski definition) is 2. The van der Waals surface area contributed by atoms with E-state index >= 15 is 0 Å². The fourth-order valence-corrected chi connectivity index (χ4v) is 2.92. The molecule has 3 rings (SSSR count). The molecule has 0 amide bonds. The first-order chi connectivity index (χ1) is 11.2. The van der Waals surface area contributed by atoms with E-state index in [-0.39, 0.29) is 24.0 Å². The lowest BCUT2D eigenvalue weighted by Gasteiger charge is -2.10. The summed E-state index contributed by atoms with van der Waals surface area (Å²) in [5.41, 5.74) is 1.08. The van der Waals surface area contributed by atoms with Crippen LogP contribution in [0.3, 0.4) is 0 Å². The quantitative estimate of drug-likeness (QED) is 0.408. The lowest BCUT2D eigenvalue weighted by molar-refractivity contribution is 0.174. The summed E-state index contributed by atoms with van der Waals surface area (Å²) in [4.78, 5) is 10.2. The van der Waals surface area contributed by atoms with Gasteiger partial charge in [-0.25, -0.2) is 9.98 Å². The molecule has 0 aliphatic carbocycles. The SMILES string of the molecule is CCNC(=NCc1ccc2c(c1)OCO2)NCc1ncc(C)s1.I. The summed E-state index contributed by atoms with van der Waals surface area (Å²) in [6.07, 6.45) is 1.89. The van der Waals surface area contributed by atoms with Gasteiger partial charge in [-0.05, 0) is 31.5 Å². The Morgan fingerprint density at radius 3 is 2.88 bits per heavy atom. The highest BCUT2D eigenvalue weighted by atomic mass is 127. The van der Waals surface area contributed by atoms with Crippen LogP contribution in [0, 0.1) is 6.92 Å². The van der Waals surface area contributed by atoms with Crippen molar-refractivity contribution in [2.45, 2.75) is 26.9 Å². The van der Waals surface area contributed by atoms with Gasteiger partial charge in [0.05, 0.1) is 13.1 Å². The van der Waals surface area contributed by atoms with Crippen molar-refractivity contribution in [1.29, 1.82) is 0 Å². The average Bonchev–Trinajstić information content (AvgIpc) is 3.18. The molecule has 0 saturated carbocycles. The molecule has 8 heteroatoms. The highest BCUT2D eigenvalue weighted by Crippen LogP contribution is 2.32. The van der Waals surface area contributed by atoms with Gasteiger partial charge < -0.3 is 20.1 Å². The molecular weight excluding hydrogens is 439 g/mol. The van der Waals surface area contributed by atoms with Gasteiger partial charge in [0.1, 0.15) is 5.01 Å². The normalized spacial score (nSPS) is 12.7. The molecule has 0 bridgehead atoms. The topological polar surface area (TPSA) is 67.8 Å². The lowest BCUT2D eigenvalue weighted by Crippen LogP contribution is -2.36. The second-order valence-electron chi connectivity index (χ2n) is 5.10. The van der Waals surface area contributed by atoms with Crippen molar-refractivity contribution in [2.75, 3.05) is 13.3 Å². The van der Waals surface area contributed by atoms with Crippen molar-refractivity contribution >= 4 is 41.3 Å². The fourth-order valence-electron chi connectivity index (χ4n) is 2.19. The van der Waals surface area contributed by atoms with E-state index in [0.717, 1.165) is 34.6 Å². The Bertz CT molecular complexity index is 705. The van der Waals surface area contributed by atoms with Gasteiger partial charge in [-0.2, -0.15) is 0 Å². The maximum atomic E-state index is 5.39. The van der Waals surface area contributed by atoms with Crippen molar-refractivity contribution in [3.8, 4) is 11.5 Å². The number of hydrogen-bond acceptors (Lipinski definition) is 5. The minimum Gasteiger partial charge on any atom is -0.454 e. The van der Waals surface area contributed by atoms with Crippen LogP contribution < -0.4 is 20.1 Å². The third-order valence-corrected chi connectivity index (χ3v) is 4.19. The Morgan fingerprint density at radius 1 is 1.29 bits per heavy atom. The minimum atomic E-state index is 0. The van der Waals surface area contributed by atoms with Crippen LogP contribution in [0.4, 0.5) is 0 Å². The minimum absolute atomic E-state index is 0. The molecule has 24 heavy (non-hydrogen) atoms. The van der Waals surface area contributed by atoms with E-state index in [1.54, 1.807) is 11.3 Å². The van der Waals surface area contributed by atoms with Gasteiger partial charge in [-0.15, -0.1) is 35.3 Å². The van der Waals surface area contributed by atoms with E-state index in [9.17, 15) is 0 Å². The van der Waals surface area contributed by atoms with E-state index in [2.05, 4.69) is 27.5 Å². The molecule has 2 heterocycles. The summed E-state index contributed by atoms with van der Waals surface area (Å²) >= 11 is 1.69. The smallest absolute Gasteiger partial charge is 0.231 e. The Kier molecular flexibility index (Phi) is 7.10. The molecule has 0 unspecified atom stereocenters. The summed E-state index contributed by atoms with van der Waals surface area (Å²) in [5, 5.41) is 7.60. The van der Waals surface area contributed by atoms with Crippen LogP contribution in [-0.2, 0) is 13.1 Å². The Hall–Kier alpha value is -1.55. The third-order valence-electron chi connectivity index (χ3n) is 3.28. The van der Waals surface area contributed by atoms with Gasteiger partial charge >= 0.3 is 0 Å². The van der Waals surface area contributed by atoms with E-state index in [4.69, 9.17) is 9.47 Å². The summed E-state index contributed by atoms with van der Waals surface area (Å²) in [5.74, 6) is 2.36. The number of nitrogens with zero attached hydrogens (tertiary/aromatic N) is 2. The highest BCUT2D eigenvalue weighted by Gasteiger charge is 2.13. The van der Waals surface area contributed by atoms with Crippen LogP contribution in [0.15, 0.2) is 29.4 Å². The summed E-state index contributed by atoms with van der Waals surface area (Å²) < 4.78 is 10.7. The maximum absolute atomic E-state index is 5.39. The van der Waals surface area contributed by atoms with Crippen molar-refractivity contribution in [3.63, 3.8) is 0 Å². The van der Waals surface area contributed by atoms with Gasteiger partial charge in [0.25, 0.3) is 0 Å². The molecule has 0 saturated heterocycles. The summed E-state index contributed by atoms with van der Waals surface area (Å²) in [6.45, 7) is 6.45. The molecule has 1 aliphatic heterocycles.